The maximum Gasteiger partial charge on any atom is 0.335 e. The van der Waals surface area contributed by atoms with Crippen LogP contribution in [0.25, 0.3) is 0 Å². The summed E-state index contributed by atoms with van der Waals surface area (Å²) in [5.41, 5.74) is 4.03. The van der Waals surface area contributed by atoms with E-state index in [1.165, 1.54) is 49.7 Å². The molecule has 5 aliphatic carbocycles. The van der Waals surface area contributed by atoms with Crippen LogP contribution >= 0.6 is 0 Å². The lowest BCUT2D eigenvalue weighted by Crippen LogP contribution is -2.48. The number of aliphatic carboxylic acids is 1. The minimum Gasteiger partial charge on any atom is -0.478 e. The van der Waals surface area contributed by atoms with Crippen LogP contribution in [0.5, 0.6) is 5.75 Å². The van der Waals surface area contributed by atoms with Crippen LogP contribution < -0.4 is 4.74 Å². The summed E-state index contributed by atoms with van der Waals surface area (Å²) in [7, 11) is 1.66. The predicted molar refractivity (Wildman–Crippen MR) is 119 cm³/mol. The number of methoxy groups -OCH3 is 1. The topological polar surface area (TPSA) is 68.1 Å². The van der Waals surface area contributed by atoms with Crippen LogP contribution in [0, 0.1) is 17.8 Å². The van der Waals surface area contributed by atoms with Gasteiger partial charge >= 0.3 is 5.97 Å². The van der Waals surface area contributed by atoms with Crippen molar-refractivity contribution < 1.29 is 19.4 Å². The number of carboxylic acid groups (broad SMARTS) is 1. The Balaban J connectivity index is 1.40. The summed E-state index contributed by atoms with van der Waals surface area (Å²) in [6.45, 7) is 0.865. The van der Waals surface area contributed by atoms with E-state index < -0.39 is 5.97 Å². The lowest BCUT2D eigenvalue weighted by Gasteiger charge is -2.57. The van der Waals surface area contributed by atoms with Gasteiger partial charge in [-0.05, 0) is 91.5 Å². The van der Waals surface area contributed by atoms with Crippen LogP contribution in [-0.4, -0.2) is 30.7 Å². The summed E-state index contributed by atoms with van der Waals surface area (Å²) < 4.78 is 11.2. The summed E-state index contributed by atoms with van der Waals surface area (Å²) in [6, 6.07) is 6.53. The molecule has 164 valence electrons. The predicted octanol–water partition coefficient (Wildman–Crippen LogP) is 5.05. The highest BCUT2D eigenvalue weighted by Crippen LogP contribution is 2.62. The van der Waals surface area contributed by atoms with Gasteiger partial charge < -0.3 is 14.6 Å². The van der Waals surface area contributed by atoms with Gasteiger partial charge in [0.15, 0.2) is 6.79 Å². The van der Waals surface area contributed by atoms with E-state index in [0.717, 1.165) is 29.2 Å². The summed E-state index contributed by atoms with van der Waals surface area (Å²) in [5, 5.41) is 9.09. The van der Waals surface area contributed by atoms with Crippen molar-refractivity contribution in [3.05, 3.63) is 53.1 Å². The van der Waals surface area contributed by atoms with Gasteiger partial charge in [0.1, 0.15) is 5.75 Å². The van der Waals surface area contributed by atoms with Crippen LogP contribution in [0.15, 0.2) is 47.0 Å². The molecule has 4 fully saturated rings. The van der Waals surface area contributed by atoms with Crippen LogP contribution in [0.1, 0.15) is 56.1 Å². The smallest absolute Gasteiger partial charge is 0.335 e. The first-order chi connectivity index (χ1) is 15.0. The number of ether oxygens (including phenoxy) is 2. The SMILES string of the molecule is COCOc1ccc(CN=C2C=CC(C(=O)O)=CC2)cc1C12CC3CC(CC(C3)C1)C2. The van der Waals surface area contributed by atoms with Gasteiger partial charge in [0.05, 0.1) is 12.1 Å². The van der Waals surface area contributed by atoms with Crippen molar-refractivity contribution in [1.29, 1.82) is 0 Å². The molecule has 1 aromatic carbocycles. The van der Waals surface area contributed by atoms with Gasteiger partial charge in [-0.3, -0.25) is 4.99 Å². The Labute approximate surface area is 183 Å². The van der Waals surface area contributed by atoms with Crippen LogP contribution in [0.2, 0.25) is 0 Å². The fourth-order valence-corrected chi connectivity index (χ4v) is 6.78. The first-order valence-electron chi connectivity index (χ1n) is 11.4. The number of nitrogens with zero attached hydrogens (tertiary/aromatic N) is 1. The van der Waals surface area contributed by atoms with Crippen LogP contribution in [-0.2, 0) is 21.5 Å². The number of carboxylic acids is 1. The molecule has 5 aliphatic rings. The van der Waals surface area contributed by atoms with Gasteiger partial charge in [0.2, 0.25) is 0 Å². The Morgan fingerprint density at radius 2 is 1.84 bits per heavy atom. The fourth-order valence-electron chi connectivity index (χ4n) is 6.78. The van der Waals surface area contributed by atoms with Crippen molar-refractivity contribution >= 4 is 11.7 Å². The highest BCUT2D eigenvalue weighted by atomic mass is 16.7. The number of benzene rings is 1. The van der Waals surface area contributed by atoms with Crippen molar-refractivity contribution in [2.75, 3.05) is 13.9 Å². The summed E-state index contributed by atoms with van der Waals surface area (Å²) in [6.07, 6.45) is 13.8. The van der Waals surface area contributed by atoms with Crippen molar-refractivity contribution in [2.24, 2.45) is 22.7 Å². The zero-order valence-electron chi connectivity index (χ0n) is 18.2. The number of aliphatic imine (C=N–C) groups is 1. The Morgan fingerprint density at radius 3 is 2.42 bits per heavy atom. The fraction of sp³-hybridized carbons (Fsp3) is 0.538. The molecule has 0 aliphatic heterocycles. The van der Waals surface area contributed by atoms with E-state index in [9.17, 15) is 4.79 Å². The van der Waals surface area contributed by atoms with Gasteiger partial charge in [-0.1, -0.05) is 12.1 Å². The summed E-state index contributed by atoms with van der Waals surface area (Å²) in [5.74, 6) is 2.68. The number of hydrogen-bond acceptors (Lipinski definition) is 4. The number of carbonyl (C=O) groups is 1. The second-order valence-electron chi connectivity index (χ2n) is 9.89. The van der Waals surface area contributed by atoms with E-state index >= 15 is 0 Å². The molecule has 1 N–H and O–H groups in total. The molecule has 5 heteroatoms. The highest BCUT2D eigenvalue weighted by molar-refractivity contribution is 6.02. The van der Waals surface area contributed by atoms with Crippen molar-refractivity contribution in [3.8, 4) is 5.75 Å². The molecule has 6 rings (SSSR count). The zero-order valence-corrected chi connectivity index (χ0v) is 18.2. The molecule has 0 aromatic heterocycles. The standard InChI is InChI=1S/C26H31NO4/c1-30-16-31-24-7-2-17(15-27-22-5-3-21(4-6-22)25(28)29)11-23(24)26-12-18-8-19(13-26)10-20(9-18)14-26/h2-5,7,11,18-20H,6,8-10,12-16H2,1H3,(H,28,29). The lowest BCUT2D eigenvalue weighted by molar-refractivity contribution is -0.132. The monoisotopic (exact) mass is 421 g/mol. The maximum absolute atomic E-state index is 11.1. The molecule has 4 saturated carbocycles. The zero-order chi connectivity index (χ0) is 21.4. The minimum absolute atomic E-state index is 0.241. The average molecular weight is 422 g/mol. The largest absolute Gasteiger partial charge is 0.478 e. The molecule has 0 unspecified atom stereocenters. The third-order valence-electron chi connectivity index (χ3n) is 7.68. The number of allylic oxidation sites excluding steroid dienone is 2. The van der Waals surface area contributed by atoms with E-state index in [4.69, 9.17) is 19.6 Å². The van der Waals surface area contributed by atoms with E-state index in [0.29, 0.717) is 18.5 Å². The molecule has 0 spiro atoms. The van der Waals surface area contributed by atoms with Gasteiger partial charge in [0, 0.05) is 24.8 Å². The van der Waals surface area contributed by atoms with Crippen LogP contribution in [0.3, 0.4) is 0 Å². The molecule has 0 saturated heterocycles. The molecular formula is C26H31NO4. The molecule has 1 aromatic rings. The molecule has 5 nitrogen and oxygen atoms in total. The van der Waals surface area contributed by atoms with E-state index in [-0.39, 0.29) is 12.2 Å². The average Bonchev–Trinajstić information content (AvgIpc) is 2.76. The molecule has 31 heavy (non-hydrogen) atoms. The third kappa shape index (κ3) is 4.08. The summed E-state index contributed by atoms with van der Waals surface area (Å²) in [4.78, 5) is 15.8. The van der Waals surface area contributed by atoms with Crippen LogP contribution in [0.4, 0.5) is 0 Å². The molecule has 0 atom stereocenters. The summed E-state index contributed by atoms with van der Waals surface area (Å²) >= 11 is 0. The molecule has 0 radical (unpaired) electrons. The molecule has 4 bridgehead atoms. The minimum atomic E-state index is -0.887. The molecule has 0 heterocycles. The van der Waals surface area contributed by atoms with Gasteiger partial charge in [0.25, 0.3) is 0 Å². The Hall–Kier alpha value is -2.40. The number of rotatable bonds is 7. The maximum atomic E-state index is 11.1. The first kappa shape index (κ1) is 20.5. The van der Waals surface area contributed by atoms with Crippen molar-refractivity contribution in [2.45, 2.75) is 56.9 Å². The first-order valence-corrected chi connectivity index (χ1v) is 11.4. The van der Waals surface area contributed by atoms with Crippen molar-refractivity contribution in [3.63, 3.8) is 0 Å². The van der Waals surface area contributed by atoms with Gasteiger partial charge in [-0.25, -0.2) is 4.79 Å². The van der Waals surface area contributed by atoms with E-state index in [2.05, 4.69) is 18.2 Å². The molecule has 0 amide bonds. The number of hydrogen-bond donors (Lipinski definition) is 1. The lowest BCUT2D eigenvalue weighted by atomic mass is 9.48. The van der Waals surface area contributed by atoms with Gasteiger partial charge in [-0.15, -0.1) is 0 Å². The van der Waals surface area contributed by atoms with E-state index in [1.807, 2.05) is 6.08 Å². The highest BCUT2D eigenvalue weighted by Gasteiger charge is 2.52. The van der Waals surface area contributed by atoms with E-state index in [1.54, 1.807) is 19.3 Å². The second kappa shape index (κ2) is 8.27. The Morgan fingerprint density at radius 1 is 1.13 bits per heavy atom. The van der Waals surface area contributed by atoms with Crippen molar-refractivity contribution in [1.82, 2.24) is 0 Å². The quantitative estimate of drug-likeness (QED) is 0.626. The Bertz CT molecular complexity index is 923. The normalized spacial score (nSPS) is 32.4. The Kier molecular flexibility index (Phi) is 5.47. The third-order valence-corrected chi connectivity index (χ3v) is 7.68. The van der Waals surface area contributed by atoms with Gasteiger partial charge in [-0.2, -0.15) is 0 Å². The molecular weight excluding hydrogens is 390 g/mol. The second-order valence-corrected chi connectivity index (χ2v) is 9.89.